The van der Waals surface area contributed by atoms with Crippen LogP contribution >= 0.6 is 0 Å². The van der Waals surface area contributed by atoms with Gasteiger partial charge in [-0.25, -0.2) is 9.07 Å². The summed E-state index contributed by atoms with van der Waals surface area (Å²) in [4.78, 5) is 14.3. The second-order valence-corrected chi connectivity index (χ2v) is 9.84. The Labute approximate surface area is 234 Å². The molecule has 1 unspecified atom stereocenters. The number of rotatable bonds is 6. The molecule has 2 heterocycles. The van der Waals surface area contributed by atoms with Gasteiger partial charge in [0.15, 0.2) is 17.3 Å². The number of nitrogens with one attached hydrogen (secondary N) is 1. The summed E-state index contributed by atoms with van der Waals surface area (Å²) in [5, 5.41) is 17.4. The number of halogens is 2. The zero-order chi connectivity index (χ0) is 28.7. The topological polar surface area (TPSA) is 106 Å². The number of nitriles is 1. The molecule has 0 radical (unpaired) electrons. The molecule has 9 heteroatoms. The van der Waals surface area contributed by atoms with E-state index >= 15 is 0 Å². The maximum Gasteiger partial charge on any atom is 0.201 e. The average molecular weight is 548 g/mol. The number of aromatic nitrogens is 2. The van der Waals surface area contributed by atoms with Crippen molar-refractivity contribution in [2.24, 2.45) is 0 Å². The number of nitrogen functional groups attached to an aromatic ring is 1. The van der Waals surface area contributed by atoms with Gasteiger partial charge in [-0.15, -0.1) is 0 Å². The van der Waals surface area contributed by atoms with Crippen molar-refractivity contribution in [1.29, 1.82) is 5.26 Å². The molecule has 1 aliphatic heterocycles. The third-order valence-electron chi connectivity index (χ3n) is 7.28. The number of Topliss-reactive ketones (excluding diaryl/α,β-unsaturated/α-hetero) is 1. The first kappa shape index (κ1) is 25.8. The average Bonchev–Trinajstić information content (AvgIpc) is 3.57. The van der Waals surface area contributed by atoms with Gasteiger partial charge in [0.05, 0.1) is 29.1 Å². The van der Waals surface area contributed by atoms with Crippen LogP contribution in [0.1, 0.15) is 32.6 Å². The SMILES string of the molecule is Cc1cc(Oc2cccc(F)c2F)ccc1-n1ncc(C(=O)C2(c3cccc(C#N)c3)Cc3ccccc3N2)c1N. The van der Waals surface area contributed by atoms with Gasteiger partial charge in [0.25, 0.3) is 0 Å². The number of carbonyl (C=O) groups is 1. The molecule has 0 aliphatic carbocycles. The first-order chi connectivity index (χ1) is 19.8. The number of hydrogen-bond acceptors (Lipinski definition) is 6. The number of benzene rings is 4. The summed E-state index contributed by atoms with van der Waals surface area (Å²) < 4.78 is 34.7. The Morgan fingerprint density at radius 1 is 1.07 bits per heavy atom. The van der Waals surface area contributed by atoms with Gasteiger partial charge in [-0.3, -0.25) is 4.79 Å². The molecule has 1 aliphatic rings. The summed E-state index contributed by atoms with van der Waals surface area (Å²) in [7, 11) is 0. The first-order valence-corrected chi connectivity index (χ1v) is 12.8. The lowest BCUT2D eigenvalue weighted by Gasteiger charge is -2.29. The molecule has 6 rings (SSSR count). The summed E-state index contributed by atoms with van der Waals surface area (Å²) in [6.07, 6.45) is 1.80. The molecule has 7 nitrogen and oxygen atoms in total. The van der Waals surface area contributed by atoms with Crippen LogP contribution in [0.15, 0.2) is 91.1 Å². The standard InChI is InChI=1S/C32H23F2N5O2/c1-19-14-23(41-28-11-5-9-25(33)29(28)34)12-13-27(19)39-31(36)24(18-37-39)30(40)32(22-8-4-6-20(15-22)17-35)16-21-7-2-3-10-26(21)38-32/h2-15,18,38H,16,36H2,1H3. The van der Waals surface area contributed by atoms with Crippen LogP contribution in [0, 0.1) is 29.9 Å². The van der Waals surface area contributed by atoms with Crippen molar-refractivity contribution in [3.05, 3.63) is 131 Å². The highest BCUT2D eigenvalue weighted by atomic mass is 19.2. The Morgan fingerprint density at radius 2 is 1.88 bits per heavy atom. The maximum absolute atomic E-state index is 14.3. The van der Waals surface area contributed by atoms with E-state index in [9.17, 15) is 18.8 Å². The van der Waals surface area contributed by atoms with E-state index in [0.29, 0.717) is 34.5 Å². The predicted molar refractivity (Wildman–Crippen MR) is 150 cm³/mol. The lowest BCUT2D eigenvalue weighted by molar-refractivity contribution is 0.0908. The molecule has 1 aromatic heterocycles. The summed E-state index contributed by atoms with van der Waals surface area (Å²) in [5.74, 6) is -2.18. The summed E-state index contributed by atoms with van der Waals surface area (Å²) in [5.41, 5.74) is 9.71. The molecule has 41 heavy (non-hydrogen) atoms. The Bertz CT molecular complexity index is 1850. The maximum atomic E-state index is 14.3. The van der Waals surface area contributed by atoms with Crippen molar-refractivity contribution in [2.45, 2.75) is 18.9 Å². The molecule has 0 spiro atoms. The summed E-state index contributed by atoms with van der Waals surface area (Å²) in [6.45, 7) is 1.79. The zero-order valence-corrected chi connectivity index (χ0v) is 21.9. The molecule has 3 N–H and O–H groups in total. The molecule has 5 aromatic rings. The van der Waals surface area contributed by atoms with Crippen LogP contribution in [0.25, 0.3) is 5.69 Å². The Kier molecular flexibility index (Phi) is 6.23. The van der Waals surface area contributed by atoms with E-state index in [-0.39, 0.29) is 22.9 Å². The summed E-state index contributed by atoms with van der Waals surface area (Å²) >= 11 is 0. The van der Waals surface area contributed by atoms with E-state index in [1.807, 2.05) is 30.3 Å². The second kappa shape index (κ2) is 9.92. The monoisotopic (exact) mass is 547 g/mol. The van der Waals surface area contributed by atoms with Gasteiger partial charge in [-0.2, -0.15) is 14.8 Å². The van der Waals surface area contributed by atoms with E-state index in [0.717, 1.165) is 17.3 Å². The number of para-hydroxylation sites is 1. The van der Waals surface area contributed by atoms with Crippen molar-refractivity contribution in [3.63, 3.8) is 0 Å². The molecule has 0 saturated carbocycles. The van der Waals surface area contributed by atoms with E-state index in [1.165, 1.54) is 23.0 Å². The van der Waals surface area contributed by atoms with Crippen molar-refractivity contribution < 1.29 is 18.3 Å². The third-order valence-corrected chi connectivity index (χ3v) is 7.28. The van der Waals surface area contributed by atoms with Gasteiger partial charge in [0, 0.05) is 12.1 Å². The lowest BCUT2D eigenvalue weighted by Crippen LogP contribution is -2.42. The smallest absolute Gasteiger partial charge is 0.201 e. The van der Waals surface area contributed by atoms with Gasteiger partial charge < -0.3 is 15.8 Å². The molecule has 0 fully saturated rings. The normalized spacial score (nSPS) is 15.6. The van der Waals surface area contributed by atoms with Gasteiger partial charge in [0.2, 0.25) is 5.82 Å². The van der Waals surface area contributed by atoms with Crippen LogP contribution in [0.2, 0.25) is 0 Å². The van der Waals surface area contributed by atoms with Gasteiger partial charge in [0.1, 0.15) is 17.1 Å². The zero-order valence-electron chi connectivity index (χ0n) is 21.9. The quantitative estimate of drug-likeness (QED) is 0.237. The minimum Gasteiger partial charge on any atom is -0.454 e. The number of carbonyl (C=O) groups excluding carboxylic acids is 1. The Hall–Kier alpha value is -5.49. The number of ether oxygens (including phenoxy) is 1. The molecule has 1 atom stereocenters. The highest BCUT2D eigenvalue weighted by Crippen LogP contribution is 2.42. The minimum atomic E-state index is -1.19. The second-order valence-electron chi connectivity index (χ2n) is 9.84. The van der Waals surface area contributed by atoms with Gasteiger partial charge in [-0.1, -0.05) is 36.4 Å². The van der Waals surface area contributed by atoms with Crippen LogP contribution < -0.4 is 15.8 Å². The molecular weight excluding hydrogens is 524 g/mol. The van der Waals surface area contributed by atoms with Crippen molar-refractivity contribution in [1.82, 2.24) is 9.78 Å². The van der Waals surface area contributed by atoms with Crippen molar-refractivity contribution >= 4 is 17.3 Å². The molecule has 0 bridgehead atoms. The largest absolute Gasteiger partial charge is 0.454 e. The van der Waals surface area contributed by atoms with Crippen LogP contribution in [0.4, 0.5) is 20.3 Å². The van der Waals surface area contributed by atoms with Crippen LogP contribution in [0.3, 0.4) is 0 Å². The fourth-order valence-electron chi connectivity index (χ4n) is 5.23. The van der Waals surface area contributed by atoms with Crippen LogP contribution in [0.5, 0.6) is 11.5 Å². The van der Waals surface area contributed by atoms with E-state index in [1.54, 1.807) is 43.3 Å². The molecular formula is C32H23F2N5O2. The Morgan fingerprint density at radius 3 is 2.66 bits per heavy atom. The highest BCUT2D eigenvalue weighted by molar-refractivity contribution is 6.09. The van der Waals surface area contributed by atoms with Crippen molar-refractivity contribution in [3.8, 4) is 23.3 Å². The fourth-order valence-corrected chi connectivity index (χ4v) is 5.23. The number of anilines is 2. The molecule has 4 aromatic carbocycles. The lowest BCUT2D eigenvalue weighted by atomic mass is 9.80. The predicted octanol–water partition coefficient (Wildman–Crippen LogP) is 6.45. The molecule has 202 valence electrons. The number of ketones is 1. The number of hydrogen-bond donors (Lipinski definition) is 2. The first-order valence-electron chi connectivity index (χ1n) is 12.8. The fraction of sp³-hybridized carbons (Fsp3) is 0.0938. The number of aryl methyl sites for hydroxylation is 1. The van der Waals surface area contributed by atoms with Crippen LogP contribution in [-0.4, -0.2) is 15.6 Å². The van der Waals surface area contributed by atoms with Crippen LogP contribution in [-0.2, 0) is 12.0 Å². The molecule has 0 amide bonds. The van der Waals surface area contributed by atoms with E-state index < -0.39 is 17.2 Å². The van der Waals surface area contributed by atoms with E-state index in [2.05, 4.69) is 16.5 Å². The number of fused-ring (bicyclic) bond motifs is 1. The van der Waals surface area contributed by atoms with Gasteiger partial charge >= 0.3 is 0 Å². The minimum absolute atomic E-state index is 0.136. The number of nitrogens with two attached hydrogens (primary N) is 1. The molecule has 0 saturated heterocycles. The summed E-state index contributed by atoms with van der Waals surface area (Å²) in [6, 6.07) is 25.4. The van der Waals surface area contributed by atoms with Crippen molar-refractivity contribution in [2.75, 3.05) is 11.1 Å². The Balaban J connectivity index is 1.36. The highest BCUT2D eigenvalue weighted by Gasteiger charge is 2.46. The third kappa shape index (κ3) is 4.36. The van der Waals surface area contributed by atoms with Gasteiger partial charge in [-0.05, 0) is 72.1 Å². The van der Waals surface area contributed by atoms with E-state index in [4.69, 9.17) is 10.5 Å². The number of nitrogens with zero attached hydrogens (tertiary/aromatic N) is 3.